The highest BCUT2D eigenvalue weighted by Gasteiger charge is 2.35. The molecule has 6 heteroatoms. The second-order valence-electron chi connectivity index (χ2n) is 6.44. The first-order valence-electron chi connectivity index (χ1n) is 8.36. The van der Waals surface area contributed by atoms with E-state index in [2.05, 4.69) is 5.32 Å². The summed E-state index contributed by atoms with van der Waals surface area (Å²) < 4.78 is 1.42. The number of aromatic hydroxyl groups is 1. The van der Waals surface area contributed by atoms with Crippen LogP contribution in [-0.4, -0.2) is 26.7 Å². The number of aryl methyl sites for hydroxylation is 1. The van der Waals surface area contributed by atoms with Crippen molar-refractivity contribution in [2.75, 3.05) is 5.32 Å². The Hall–Kier alpha value is -2.73. The van der Waals surface area contributed by atoms with Crippen molar-refractivity contribution in [3.05, 3.63) is 64.4 Å². The third-order valence-corrected chi connectivity index (χ3v) is 6.25. The van der Waals surface area contributed by atoms with Gasteiger partial charge in [-0.3, -0.25) is 9.59 Å². The predicted molar refractivity (Wildman–Crippen MR) is 104 cm³/mol. The summed E-state index contributed by atoms with van der Waals surface area (Å²) in [6.45, 7) is 1.91. The Balaban J connectivity index is 1.84. The number of fused-ring (bicyclic) bond motifs is 2. The van der Waals surface area contributed by atoms with Crippen LogP contribution in [-0.2, 0) is 7.05 Å². The number of carbonyl (C=O) groups excluding carboxylic acids is 1. The lowest BCUT2D eigenvalue weighted by Gasteiger charge is -2.31. The zero-order valence-corrected chi connectivity index (χ0v) is 15.2. The number of nitrogens with one attached hydrogen (secondary N) is 1. The molecule has 1 aliphatic rings. The highest BCUT2D eigenvalue weighted by molar-refractivity contribution is 8.01. The van der Waals surface area contributed by atoms with Crippen LogP contribution < -0.4 is 10.9 Å². The number of carbonyl (C=O) groups is 1. The van der Waals surface area contributed by atoms with E-state index in [9.17, 15) is 14.7 Å². The van der Waals surface area contributed by atoms with E-state index in [1.807, 2.05) is 31.2 Å². The molecule has 2 N–H and O–H groups in total. The normalized spacial score (nSPS) is 19.0. The van der Waals surface area contributed by atoms with Gasteiger partial charge in [0.05, 0.1) is 10.8 Å². The minimum atomic E-state index is -0.496. The van der Waals surface area contributed by atoms with Gasteiger partial charge >= 0.3 is 0 Å². The SMILES string of the molecule is C[C@@H]1Nc2ccccc2S[C@H]1C(=O)c1c(O)c2ccccc2n(C)c1=O. The topological polar surface area (TPSA) is 71.3 Å². The number of benzene rings is 2. The van der Waals surface area contributed by atoms with Gasteiger partial charge in [0.1, 0.15) is 11.3 Å². The Morgan fingerprint density at radius 2 is 1.85 bits per heavy atom. The average Bonchev–Trinajstić information content (AvgIpc) is 2.65. The summed E-state index contributed by atoms with van der Waals surface area (Å²) in [4.78, 5) is 27.0. The van der Waals surface area contributed by atoms with Crippen LogP contribution in [0.25, 0.3) is 10.9 Å². The molecule has 0 bridgehead atoms. The van der Waals surface area contributed by atoms with Crippen LogP contribution in [0, 0.1) is 0 Å². The maximum Gasteiger partial charge on any atom is 0.265 e. The molecule has 0 spiro atoms. The van der Waals surface area contributed by atoms with Gasteiger partial charge in [0, 0.05) is 29.1 Å². The fourth-order valence-corrected chi connectivity index (χ4v) is 4.55. The second-order valence-corrected chi connectivity index (χ2v) is 7.62. The Kier molecular flexibility index (Phi) is 4.00. The Labute approximate surface area is 154 Å². The summed E-state index contributed by atoms with van der Waals surface area (Å²) in [5, 5.41) is 14.0. The molecule has 0 amide bonds. The van der Waals surface area contributed by atoms with Gasteiger partial charge in [-0.15, -0.1) is 11.8 Å². The highest BCUT2D eigenvalue weighted by Crippen LogP contribution is 2.39. The minimum Gasteiger partial charge on any atom is -0.506 e. The zero-order chi connectivity index (χ0) is 18.4. The van der Waals surface area contributed by atoms with E-state index in [1.165, 1.54) is 16.3 Å². The summed E-state index contributed by atoms with van der Waals surface area (Å²) in [6.07, 6.45) is 0. The van der Waals surface area contributed by atoms with Crippen LogP contribution in [0.5, 0.6) is 5.75 Å². The third kappa shape index (κ3) is 2.49. The average molecular weight is 366 g/mol. The molecule has 2 heterocycles. The fraction of sp³-hybridized carbons (Fsp3) is 0.200. The van der Waals surface area contributed by atoms with Crippen molar-refractivity contribution in [3.8, 4) is 5.75 Å². The second kappa shape index (κ2) is 6.21. The number of rotatable bonds is 2. The summed E-state index contributed by atoms with van der Waals surface area (Å²) in [5.41, 5.74) is 0.957. The number of hydrogen-bond acceptors (Lipinski definition) is 5. The van der Waals surface area contributed by atoms with Crippen LogP contribution >= 0.6 is 11.8 Å². The van der Waals surface area contributed by atoms with E-state index in [0.29, 0.717) is 10.9 Å². The molecule has 0 aliphatic carbocycles. The van der Waals surface area contributed by atoms with E-state index < -0.39 is 10.8 Å². The summed E-state index contributed by atoms with van der Waals surface area (Å²) in [7, 11) is 1.62. The van der Waals surface area contributed by atoms with E-state index >= 15 is 0 Å². The molecule has 0 fully saturated rings. The van der Waals surface area contributed by atoms with Crippen LogP contribution in [0.1, 0.15) is 17.3 Å². The van der Waals surface area contributed by atoms with Crippen molar-refractivity contribution in [1.29, 1.82) is 0 Å². The number of thioether (sulfide) groups is 1. The van der Waals surface area contributed by atoms with Crippen molar-refractivity contribution in [3.63, 3.8) is 0 Å². The smallest absolute Gasteiger partial charge is 0.265 e. The molecule has 2 aromatic carbocycles. The van der Waals surface area contributed by atoms with Gasteiger partial charge in [-0.05, 0) is 31.2 Å². The molecule has 2 atom stereocenters. The van der Waals surface area contributed by atoms with Crippen LogP contribution in [0.4, 0.5) is 5.69 Å². The van der Waals surface area contributed by atoms with Crippen molar-refractivity contribution in [1.82, 2.24) is 4.57 Å². The van der Waals surface area contributed by atoms with Gasteiger partial charge in [-0.2, -0.15) is 0 Å². The lowest BCUT2D eigenvalue weighted by molar-refractivity contribution is 0.0980. The third-order valence-electron chi connectivity index (χ3n) is 4.76. The summed E-state index contributed by atoms with van der Waals surface area (Å²) in [6, 6.07) is 14.6. The van der Waals surface area contributed by atoms with Crippen LogP contribution in [0.2, 0.25) is 0 Å². The maximum absolute atomic E-state index is 13.2. The van der Waals surface area contributed by atoms with E-state index in [0.717, 1.165) is 10.6 Å². The van der Waals surface area contributed by atoms with E-state index in [4.69, 9.17) is 0 Å². The number of Topliss-reactive ketones (excluding diaryl/α,β-unsaturated/α-hetero) is 1. The molecule has 132 valence electrons. The van der Waals surface area contributed by atoms with Crippen molar-refractivity contribution in [2.24, 2.45) is 7.05 Å². The number of aromatic nitrogens is 1. The van der Waals surface area contributed by atoms with Gasteiger partial charge in [0.2, 0.25) is 0 Å². The molecule has 0 radical (unpaired) electrons. The molecular formula is C20H18N2O3S. The van der Waals surface area contributed by atoms with Crippen LogP contribution in [0.15, 0.2) is 58.2 Å². The molecule has 0 unspecified atom stereocenters. The molecule has 26 heavy (non-hydrogen) atoms. The fourth-order valence-electron chi connectivity index (χ4n) is 3.37. The van der Waals surface area contributed by atoms with Gasteiger partial charge in [-0.25, -0.2) is 0 Å². The molecule has 5 nitrogen and oxygen atoms in total. The first-order valence-corrected chi connectivity index (χ1v) is 9.24. The highest BCUT2D eigenvalue weighted by atomic mass is 32.2. The van der Waals surface area contributed by atoms with Crippen molar-refractivity contribution >= 4 is 34.1 Å². The number of nitrogens with zero attached hydrogens (tertiary/aromatic N) is 1. The lowest BCUT2D eigenvalue weighted by Crippen LogP contribution is -2.40. The predicted octanol–water partition coefficient (Wildman–Crippen LogP) is 3.40. The molecule has 4 rings (SSSR count). The van der Waals surface area contributed by atoms with Crippen molar-refractivity contribution in [2.45, 2.75) is 23.1 Å². The van der Waals surface area contributed by atoms with Gasteiger partial charge in [0.15, 0.2) is 5.78 Å². The van der Waals surface area contributed by atoms with Gasteiger partial charge < -0.3 is 15.0 Å². The molecular weight excluding hydrogens is 348 g/mol. The molecule has 1 aliphatic heterocycles. The van der Waals surface area contributed by atoms with E-state index in [1.54, 1.807) is 31.3 Å². The molecule has 0 saturated heterocycles. The minimum absolute atomic E-state index is 0.142. The molecule has 1 aromatic heterocycles. The summed E-state index contributed by atoms with van der Waals surface area (Å²) >= 11 is 1.43. The first kappa shape index (κ1) is 16.7. The first-order chi connectivity index (χ1) is 12.5. The standard InChI is InChI=1S/C20H18N2O3S/c1-11-19(26-15-10-6-4-8-13(15)21-11)18(24)16-17(23)12-7-3-5-9-14(12)22(2)20(16)25/h3-11,19,21,23H,1-2H3/t11-,19+/m0/s1. The molecule has 0 saturated carbocycles. The largest absolute Gasteiger partial charge is 0.506 e. The molecule has 3 aromatic rings. The van der Waals surface area contributed by atoms with Crippen molar-refractivity contribution < 1.29 is 9.90 Å². The van der Waals surface area contributed by atoms with Gasteiger partial charge in [0.25, 0.3) is 5.56 Å². The lowest BCUT2D eigenvalue weighted by atomic mass is 10.0. The number of para-hydroxylation sites is 2. The Morgan fingerprint density at radius 1 is 1.15 bits per heavy atom. The number of anilines is 1. The quantitative estimate of drug-likeness (QED) is 0.680. The number of hydrogen-bond donors (Lipinski definition) is 2. The Bertz CT molecular complexity index is 1090. The zero-order valence-electron chi connectivity index (χ0n) is 14.4. The van der Waals surface area contributed by atoms with Crippen LogP contribution in [0.3, 0.4) is 0 Å². The monoisotopic (exact) mass is 366 g/mol. The number of pyridine rings is 1. The van der Waals surface area contributed by atoms with E-state index in [-0.39, 0.29) is 23.1 Å². The summed E-state index contributed by atoms with van der Waals surface area (Å²) in [5.74, 6) is -0.589. The Morgan fingerprint density at radius 3 is 2.65 bits per heavy atom. The maximum atomic E-state index is 13.2. The number of ketones is 1. The van der Waals surface area contributed by atoms with Gasteiger partial charge in [-0.1, -0.05) is 24.3 Å².